The molecule has 25 heavy (non-hydrogen) atoms. The second-order valence-electron chi connectivity index (χ2n) is 8.47. The van der Waals surface area contributed by atoms with Gasteiger partial charge in [-0.05, 0) is 44.1 Å². The van der Waals surface area contributed by atoms with Crippen LogP contribution in [0.25, 0.3) is 0 Å². The topological polar surface area (TPSA) is 65.0 Å². The number of allylic oxidation sites excluding steroid dienone is 3. The van der Waals surface area contributed by atoms with Gasteiger partial charge in [0.2, 0.25) is 5.79 Å². The maximum absolute atomic E-state index is 13.1. The van der Waals surface area contributed by atoms with E-state index < -0.39 is 17.5 Å². The van der Waals surface area contributed by atoms with Crippen molar-refractivity contribution in [1.29, 1.82) is 0 Å². The van der Waals surface area contributed by atoms with Crippen molar-refractivity contribution in [3.8, 4) is 0 Å². The zero-order valence-electron chi connectivity index (χ0n) is 14.9. The lowest BCUT2D eigenvalue weighted by Crippen LogP contribution is -2.68. The Kier molecular flexibility index (Phi) is 3.00. The van der Waals surface area contributed by atoms with E-state index in [0.29, 0.717) is 23.7 Å². The number of carbonyl (C=O) groups excluding carboxylic acids is 1. The lowest BCUT2D eigenvalue weighted by Gasteiger charge is -2.61. The Morgan fingerprint density at radius 3 is 2.80 bits per heavy atom. The molecule has 3 aliphatic carbocycles. The van der Waals surface area contributed by atoms with Gasteiger partial charge in [0, 0.05) is 23.0 Å². The third-order valence-corrected chi connectivity index (χ3v) is 7.18. The fourth-order valence-electron chi connectivity index (χ4n) is 5.85. The molecule has 0 aromatic heterocycles. The Morgan fingerprint density at radius 2 is 2.16 bits per heavy atom. The van der Waals surface area contributed by atoms with Gasteiger partial charge < -0.3 is 9.84 Å². The zero-order chi connectivity index (χ0) is 17.7. The smallest absolute Gasteiger partial charge is 0.230 e. The molecule has 0 amide bonds. The predicted octanol–water partition coefficient (Wildman–Crippen LogP) is 2.47. The average Bonchev–Trinajstić information content (AvgIpc) is 2.73. The van der Waals surface area contributed by atoms with Gasteiger partial charge in [-0.15, -0.1) is 0 Å². The van der Waals surface area contributed by atoms with Gasteiger partial charge in [-0.3, -0.25) is 4.79 Å². The Morgan fingerprint density at radius 1 is 1.40 bits per heavy atom. The van der Waals surface area contributed by atoms with Crippen molar-refractivity contribution in [2.24, 2.45) is 23.7 Å². The van der Waals surface area contributed by atoms with Crippen molar-refractivity contribution in [2.45, 2.75) is 51.1 Å². The predicted molar refractivity (Wildman–Crippen MR) is 89.1 cm³/mol. The Hall–Kier alpha value is -1.27. The molecule has 6 aliphatic rings. The van der Waals surface area contributed by atoms with Crippen molar-refractivity contribution in [3.63, 3.8) is 0 Å². The fraction of sp³-hybridized carbons (Fsp3) is 0.650. The van der Waals surface area contributed by atoms with E-state index >= 15 is 0 Å². The number of hydrogen-bond donors (Lipinski definition) is 1. The molecule has 1 N–H and O–H groups in total. The monoisotopic (exact) mass is 344 g/mol. The fourth-order valence-corrected chi connectivity index (χ4v) is 5.85. The number of ketones is 1. The third-order valence-electron chi connectivity index (χ3n) is 7.18. The van der Waals surface area contributed by atoms with Gasteiger partial charge in [-0.1, -0.05) is 25.2 Å². The number of hydrogen-bond acceptors (Lipinski definition) is 5. The van der Waals surface area contributed by atoms with E-state index in [4.69, 9.17) is 14.5 Å². The van der Waals surface area contributed by atoms with Crippen LogP contribution in [0.1, 0.15) is 33.6 Å². The molecule has 0 aromatic rings. The number of Topliss-reactive ketones (excluding diaryl/α,β-unsaturated/α-hetero) is 1. The summed E-state index contributed by atoms with van der Waals surface area (Å²) in [5.74, 6) is -1.20. The Balaban J connectivity index is 1.80. The van der Waals surface area contributed by atoms with E-state index in [1.807, 2.05) is 13.8 Å². The van der Waals surface area contributed by atoms with Gasteiger partial charge in [-0.25, -0.2) is 4.89 Å². The molecule has 5 nitrogen and oxygen atoms in total. The van der Waals surface area contributed by atoms with E-state index in [-0.39, 0.29) is 23.5 Å². The molecule has 4 fully saturated rings. The first kappa shape index (κ1) is 15.9. The van der Waals surface area contributed by atoms with Crippen LogP contribution in [0.2, 0.25) is 0 Å². The summed E-state index contributed by atoms with van der Waals surface area (Å²) in [5, 5.41) is 10.9. The summed E-state index contributed by atoms with van der Waals surface area (Å²) in [7, 11) is 0. The zero-order valence-corrected chi connectivity index (χ0v) is 14.9. The molecule has 0 aromatic carbocycles. The maximum atomic E-state index is 13.1. The summed E-state index contributed by atoms with van der Waals surface area (Å²) >= 11 is 0. The highest BCUT2D eigenvalue weighted by Gasteiger charge is 2.72. The molecule has 0 radical (unpaired) electrons. The first-order valence-corrected chi connectivity index (χ1v) is 9.14. The SMILES string of the molecule is C=C(C)[C@@H]1CC[C@]23CO[C@]4(OO2)C2=C(C(=O)C(C)=C[C@H]1[C@@H]23)[C@H](O)[C@H]4C. The van der Waals surface area contributed by atoms with E-state index in [9.17, 15) is 9.90 Å². The quantitative estimate of drug-likeness (QED) is 0.585. The van der Waals surface area contributed by atoms with E-state index in [1.54, 1.807) is 0 Å². The molecule has 2 bridgehead atoms. The van der Waals surface area contributed by atoms with Crippen LogP contribution in [0.4, 0.5) is 0 Å². The Bertz CT molecular complexity index is 752. The van der Waals surface area contributed by atoms with Crippen molar-refractivity contribution in [2.75, 3.05) is 6.61 Å². The molecule has 5 heteroatoms. The van der Waals surface area contributed by atoms with Crippen LogP contribution < -0.4 is 0 Å². The minimum atomic E-state index is -1.13. The molecule has 3 saturated heterocycles. The number of aliphatic hydroxyl groups excluding tert-OH is 1. The highest BCUT2D eigenvalue weighted by atomic mass is 17.3. The van der Waals surface area contributed by atoms with Crippen LogP contribution in [0.15, 0.2) is 34.9 Å². The van der Waals surface area contributed by atoms with Crippen molar-refractivity contribution >= 4 is 5.78 Å². The van der Waals surface area contributed by atoms with E-state index in [0.717, 1.165) is 24.0 Å². The highest BCUT2D eigenvalue weighted by Crippen LogP contribution is 2.65. The number of aliphatic hydroxyl groups is 1. The summed E-state index contributed by atoms with van der Waals surface area (Å²) in [6.45, 7) is 10.4. The van der Waals surface area contributed by atoms with Crippen LogP contribution in [0.3, 0.4) is 0 Å². The normalized spacial score (nSPS) is 50.5. The third kappa shape index (κ3) is 1.66. The Labute approximate surface area is 147 Å². The number of ether oxygens (including phenoxy) is 1. The van der Waals surface area contributed by atoms with Crippen molar-refractivity contribution in [3.05, 3.63) is 34.9 Å². The molecular weight excluding hydrogens is 320 g/mol. The largest absolute Gasteiger partial charge is 0.388 e. The van der Waals surface area contributed by atoms with Gasteiger partial charge >= 0.3 is 0 Å². The molecule has 3 aliphatic heterocycles. The first-order chi connectivity index (χ1) is 11.8. The lowest BCUT2D eigenvalue weighted by atomic mass is 9.58. The minimum absolute atomic E-state index is 0.0125. The van der Waals surface area contributed by atoms with Crippen LogP contribution in [0, 0.1) is 23.7 Å². The molecule has 6 rings (SSSR count). The molecule has 134 valence electrons. The van der Waals surface area contributed by atoms with Gasteiger partial charge in [0.25, 0.3) is 0 Å². The second-order valence-corrected chi connectivity index (χ2v) is 8.47. The lowest BCUT2D eigenvalue weighted by molar-refractivity contribution is -0.543. The first-order valence-electron chi connectivity index (χ1n) is 9.14. The van der Waals surface area contributed by atoms with E-state index in [2.05, 4.69) is 19.6 Å². The molecule has 1 saturated carbocycles. The van der Waals surface area contributed by atoms with Gasteiger partial charge in [0.15, 0.2) is 5.78 Å². The molecular formula is C20H24O5. The highest BCUT2D eigenvalue weighted by molar-refractivity contribution is 6.10. The summed E-state index contributed by atoms with van der Waals surface area (Å²) in [5.41, 5.74) is 2.55. The van der Waals surface area contributed by atoms with Crippen LogP contribution in [-0.4, -0.2) is 35.0 Å². The van der Waals surface area contributed by atoms with Crippen LogP contribution in [0.5, 0.6) is 0 Å². The molecule has 7 atom stereocenters. The summed E-state index contributed by atoms with van der Waals surface area (Å²) in [4.78, 5) is 24.8. The number of fused-ring (bicyclic) bond motifs is 2. The maximum Gasteiger partial charge on any atom is 0.230 e. The summed E-state index contributed by atoms with van der Waals surface area (Å²) < 4.78 is 6.16. The van der Waals surface area contributed by atoms with Crippen molar-refractivity contribution < 1.29 is 24.4 Å². The molecule has 0 unspecified atom stereocenters. The number of carbonyl (C=O) groups is 1. The van der Waals surface area contributed by atoms with Gasteiger partial charge in [-0.2, -0.15) is 4.89 Å². The van der Waals surface area contributed by atoms with Gasteiger partial charge in [0.05, 0.1) is 12.7 Å². The summed E-state index contributed by atoms with van der Waals surface area (Å²) in [6.07, 6.45) is 2.91. The minimum Gasteiger partial charge on any atom is -0.388 e. The summed E-state index contributed by atoms with van der Waals surface area (Å²) in [6, 6.07) is 0. The average molecular weight is 344 g/mol. The van der Waals surface area contributed by atoms with Crippen LogP contribution >= 0.6 is 0 Å². The molecule has 3 heterocycles. The second kappa shape index (κ2) is 4.71. The standard InChI is InChI=1S/C20H24O5/c1-9(2)12-5-6-19-8-23-20(25-24-19)11(4)18(22)14-16(20)15(19)13(12)7-10(3)17(14)21/h7,11-13,15,18,22H,1,5-6,8H2,2-4H3/t11-,12+,13-,15+,18-,19-,20-/m1/s1. The van der Waals surface area contributed by atoms with Crippen molar-refractivity contribution in [1.82, 2.24) is 0 Å². The van der Waals surface area contributed by atoms with Gasteiger partial charge in [0.1, 0.15) is 5.60 Å². The molecule has 2 spiro atoms. The van der Waals surface area contributed by atoms with Crippen LogP contribution in [-0.2, 0) is 19.3 Å². The van der Waals surface area contributed by atoms with E-state index in [1.165, 1.54) is 0 Å². The number of rotatable bonds is 1.